The number of aliphatic imine (C=N–C) groups is 1. The summed E-state index contributed by atoms with van der Waals surface area (Å²) in [5.41, 5.74) is 3.60. The third kappa shape index (κ3) is 4.25. The van der Waals surface area contributed by atoms with E-state index in [4.69, 9.17) is 0 Å². The lowest BCUT2D eigenvalue weighted by Gasteiger charge is -2.26. The molecule has 2 unspecified atom stereocenters. The number of thioether (sulfide) groups is 1. The summed E-state index contributed by atoms with van der Waals surface area (Å²) in [5, 5.41) is 2.20. The van der Waals surface area contributed by atoms with E-state index in [1.165, 1.54) is 4.90 Å². The van der Waals surface area contributed by atoms with Gasteiger partial charge in [-0.25, -0.2) is 5.43 Å². The van der Waals surface area contributed by atoms with Gasteiger partial charge in [-0.3, -0.25) is 10.0 Å². The van der Waals surface area contributed by atoms with Crippen LogP contribution in [0.3, 0.4) is 0 Å². The first-order valence-corrected chi connectivity index (χ1v) is 7.93. The first-order valence-electron chi connectivity index (χ1n) is 6.95. The van der Waals surface area contributed by atoms with Gasteiger partial charge in [-0.15, -0.1) is 11.8 Å². The van der Waals surface area contributed by atoms with Crippen molar-refractivity contribution in [1.29, 1.82) is 0 Å². The molecule has 1 N–H and O–H groups in total. The topological polar surface area (TPSA) is 27.6 Å². The predicted octanol–water partition coefficient (Wildman–Crippen LogP) is 3.18. The molecule has 0 fully saturated rings. The highest BCUT2D eigenvalue weighted by molar-refractivity contribution is 7.99. The molecule has 0 radical (unpaired) electrons. The number of hydrazine groups is 1. The molecule has 1 aliphatic heterocycles. The number of nitrogens with one attached hydrogen (secondary N) is 1. The Balaban J connectivity index is 1.82. The second-order valence-electron chi connectivity index (χ2n) is 4.99. The SMILES string of the molecule is CCC(CSc1ccccc1)NN1CC(C)N=C1C. The fourth-order valence-electron chi connectivity index (χ4n) is 2.15. The second kappa shape index (κ2) is 6.96. The van der Waals surface area contributed by atoms with Gasteiger partial charge in [-0.2, -0.15) is 0 Å². The average molecular weight is 277 g/mol. The average Bonchev–Trinajstić information content (AvgIpc) is 2.74. The van der Waals surface area contributed by atoms with E-state index in [1.54, 1.807) is 0 Å². The van der Waals surface area contributed by atoms with Crippen LogP contribution in [0, 0.1) is 0 Å². The largest absolute Gasteiger partial charge is 0.294 e. The first kappa shape index (κ1) is 14.4. The number of amidine groups is 1. The minimum atomic E-state index is 0.409. The molecule has 1 aromatic rings. The van der Waals surface area contributed by atoms with E-state index in [1.807, 2.05) is 11.8 Å². The summed E-state index contributed by atoms with van der Waals surface area (Å²) in [6.45, 7) is 7.45. The quantitative estimate of drug-likeness (QED) is 0.809. The fourth-order valence-corrected chi connectivity index (χ4v) is 3.21. The predicted molar refractivity (Wildman–Crippen MR) is 83.7 cm³/mol. The van der Waals surface area contributed by atoms with Crippen molar-refractivity contribution in [3.05, 3.63) is 30.3 Å². The minimum absolute atomic E-state index is 0.409. The Bertz CT molecular complexity index is 419. The van der Waals surface area contributed by atoms with Crippen LogP contribution in [0.2, 0.25) is 0 Å². The van der Waals surface area contributed by atoms with Crippen molar-refractivity contribution >= 4 is 17.6 Å². The lowest BCUT2D eigenvalue weighted by atomic mass is 10.3. The highest BCUT2D eigenvalue weighted by atomic mass is 32.2. The van der Waals surface area contributed by atoms with Crippen LogP contribution in [-0.4, -0.2) is 35.2 Å². The summed E-state index contributed by atoms with van der Waals surface area (Å²) in [6, 6.07) is 11.5. The Hall–Kier alpha value is -1.00. The molecule has 1 heterocycles. The van der Waals surface area contributed by atoms with Gasteiger partial charge in [-0.1, -0.05) is 25.1 Å². The molecule has 19 heavy (non-hydrogen) atoms. The second-order valence-corrected chi connectivity index (χ2v) is 6.09. The molecule has 1 aliphatic rings. The van der Waals surface area contributed by atoms with E-state index in [-0.39, 0.29) is 0 Å². The van der Waals surface area contributed by atoms with Crippen LogP contribution in [0.25, 0.3) is 0 Å². The number of nitrogens with zero attached hydrogens (tertiary/aromatic N) is 2. The summed E-state index contributed by atoms with van der Waals surface area (Å²) in [7, 11) is 0. The molecular formula is C15H23N3S. The van der Waals surface area contributed by atoms with E-state index < -0.39 is 0 Å². The van der Waals surface area contributed by atoms with Gasteiger partial charge < -0.3 is 0 Å². The van der Waals surface area contributed by atoms with Crippen LogP contribution in [0.1, 0.15) is 27.2 Å². The van der Waals surface area contributed by atoms with E-state index in [9.17, 15) is 0 Å². The Labute approximate surface area is 120 Å². The number of benzene rings is 1. The van der Waals surface area contributed by atoms with Gasteiger partial charge in [0.15, 0.2) is 0 Å². The minimum Gasteiger partial charge on any atom is -0.294 e. The van der Waals surface area contributed by atoms with Gasteiger partial charge in [0.1, 0.15) is 5.84 Å². The molecule has 0 aromatic heterocycles. The molecule has 3 nitrogen and oxygen atoms in total. The number of hydrogen-bond donors (Lipinski definition) is 1. The van der Waals surface area contributed by atoms with Crippen LogP contribution in [0.15, 0.2) is 40.2 Å². The van der Waals surface area contributed by atoms with Crippen LogP contribution in [0.5, 0.6) is 0 Å². The van der Waals surface area contributed by atoms with Gasteiger partial charge in [0.2, 0.25) is 0 Å². The molecule has 0 saturated heterocycles. The van der Waals surface area contributed by atoms with Crippen molar-refractivity contribution in [3.63, 3.8) is 0 Å². The zero-order valence-corrected chi connectivity index (χ0v) is 12.8. The van der Waals surface area contributed by atoms with Crippen molar-refractivity contribution in [2.45, 2.75) is 44.2 Å². The Kier molecular flexibility index (Phi) is 5.28. The summed E-state index contributed by atoms with van der Waals surface area (Å²) in [5.74, 6) is 2.19. The Morgan fingerprint density at radius 2 is 2.16 bits per heavy atom. The van der Waals surface area contributed by atoms with Crippen LogP contribution in [0.4, 0.5) is 0 Å². The van der Waals surface area contributed by atoms with E-state index >= 15 is 0 Å². The smallest absolute Gasteiger partial charge is 0.110 e. The fraction of sp³-hybridized carbons (Fsp3) is 0.533. The Morgan fingerprint density at radius 1 is 1.42 bits per heavy atom. The van der Waals surface area contributed by atoms with E-state index in [0.29, 0.717) is 12.1 Å². The van der Waals surface area contributed by atoms with Gasteiger partial charge in [0.05, 0.1) is 12.6 Å². The number of rotatable bonds is 6. The normalized spacial score (nSPS) is 20.5. The lowest BCUT2D eigenvalue weighted by molar-refractivity contribution is 0.275. The molecule has 104 valence electrons. The van der Waals surface area contributed by atoms with Crippen molar-refractivity contribution in [3.8, 4) is 0 Å². The summed E-state index contributed by atoms with van der Waals surface area (Å²) < 4.78 is 0. The molecule has 2 atom stereocenters. The van der Waals surface area contributed by atoms with Gasteiger partial charge in [0, 0.05) is 16.7 Å². The molecule has 0 saturated carbocycles. The monoisotopic (exact) mass is 277 g/mol. The highest BCUT2D eigenvalue weighted by Crippen LogP contribution is 2.19. The molecule has 0 bridgehead atoms. The summed E-state index contributed by atoms with van der Waals surface area (Å²) in [6.07, 6.45) is 1.12. The van der Waals surface area contributed by atoms with Crippen molar-refractivity contribution in [1.82, 2.24) is 10.4 Å². The highest BCUT2D eigenvalue weighted by Gasteiger charge is 2.20. The van der Waals surface area contributed by atoms with Crippen molar-refractivity contribution < 1.29 is 0 Å². The summed E-state index contributed by atoms with van der Waals surface area (Å²) in [4.78, 5) is 5.89. The molecule has 0 amide bonds. The molecule has 0 spiro atoms. The maximum atomic E-state index is 4.55. The number of hydrogen-bond acceptors (Lipinski definition) is 4. The van der Waals surface area contributed by atoms with Gasteiger partial charge >= 0.3 is 0 Å². The molecule has 2 rings (SSSR count). The third-order valence-electron chi connectivity index (χ3n) is 3.27. The van der Waals surface area contributed by atoms with Gasteiger partial charge in [0.25, 0.3) is 0 Å². The van der Waals surface area contributed by atoms with Crippen LogP contribution >= 0.6 is 11.8 Å². The third-order valence-corrected chi connectivity index (χ3v) is 4.44. The maximum Gasteiger partial charge on any atom is 0.110 e. The molecule has 1 aromatic carbocycles. The Morgan fingerprint density at radius 3 is 2.74 bits per heavy atom. The molecule has 4 heteroatoms. The molecular weight excluding hydrogens is 254 g/mol. The van der Waals surface area contributed by atoms with Crippen molar-refractivity contribution in [2.75, 3.05) is 12.3 Å². The first-order chi connectivity index (χ1) is 9.19. The zero-order valence-electron chi connectivity index (χ0n) is 12.0. The van der Waals surface area contributed by atoms with Crippen molar-refractivity contribution in [2.24, 2.45) is 4.99 Å². The summed E-state index contributed by atoms with van der Waals surface area (Å²) >= 11 is 1.91. The molecule has 0 aliphatic carbocycles. The maximum absolute atomic E-state index is 4.55. The van der Waals surface area contributed by atoms with Crippen LogP contribution in [-0.2, 0) is 0 Å². The van der Waals surface area contributed by atoms with E-state index in [2.05, 4.69) is 66.5 Å². The zero-order chi connectivity index (χ0) is 13.7. The van der Waals surface area contributed by atoms with Gasteiger partial charge in [-0.05, 0) is 32.4 Å². The standard InChI is InChI=1S/C15H23N3S/c1-4-14(11-19-15-8-6-5-7-9-15)17-18-10-12(2)16-13(18)3/h5-9,12,14,17H,4,10-11H2,1-3H3. The van der Waals surface area contributed by atoms with Crippen LogP contribution < -0.4 is 5.43 Å². The van der Waals surface area contributed by atoms with E-state index in [0.717, 1.165) is 24.6 Å². The lowest BCUT2D eigenvalue weighted by Crippen LogP contribution is -2.47.